The Morgan fingerprint density at radius 3 is 3.08 bits per heavy atom. The number of phenols is 1. The Balaban J connectivity index is 2.47. The quantitative estimate of drug-likeness (QED) is 0.626. The molecule has 0 heterocycles. The van der Waals surface area contributed by atoms with Gasteiger partial charge in [0.15, 0.2) is 0 Å². The first-order valence-electron chi connectivity index (χ1n) is 4.25. The van der Waals surface area contributed by atoms with Gasteiger partial charge in [0.1, 0.15) is 5.75 Å². The summed E-state index contributed by atoms with van der Waals surface area (Å²) in [6, 6.07) is 5.61. The first-order chi connectivity index (χ1) is 5.81. The van der Waals surface area contributed by atoms with Crippen molar-refractivity contribution >= 4 is 0 Å². The summed E-state index contributed by atoms with van der Waals surface area (Å²) in [7, 11) is 0. The molecule has 1 atom stereocenters. The lowest BCUT2D eigenvalue weighted by Crippen LogP contribution is -1.86. The van der Waals surface area contributed by atoms with Crippen LogP contribution in [-0.2, 0) is 6.42 Å². The highest BCUT2D eigenvalue weighted by atomic mass is 16.3. The van der Waals surface area contributed by atoms with Crippen LogP contribution < -0.4 is 0 Å². The molecule has 1 aromatic carbocycles. The van der Waals surface area contributed by atoms with Crippen molar-refractivity contribution in [3.63, 3.8) is 0 Å². The Morgan fingerprint density at radius 2 is 2.33 bits per heavy atom. The van der Waals surface area contributed by atoms with Crippen LogP contribution in [0.1, 0.15) is 23.5 Å². The molecule has 12 heavy (non-hydrogen) atoms. The minimum absolute atomic E-state index is 0.374. The summed E-state index contributed by atoms with van der Waals surface area (Å²) in [6.45, 7) is 3.80. The topological polar surface area (TPSA) is 20.2 Å². The number of fused-ring (bicyclic) bond motifs is 1. The Morgan fingerprint density at radius 1 is 1.50 bits per heavy atom. The molecule has 1 heteroatoms. The average Bonchev–Trinajstić information content (AvgIpc) is 2.46. The van der Waals surface area contributed by atoms with Crippen LogP contribution in [0.15, 0.2) is 30.9 Å². The lowest BCUT2D eigenvalue weighted by molar-refractivity contribution is 0.474. The van der Waals surface area contributed by atoms with E-state index in [0.29, 0.717) is 11.7 Å². The smallest absolute Gasteiger partial charge is 0.115 e. The van der Waals surface area contributed by atoms with E-state index in [9.17, 15) is 5.11 Å². The van der Waals surface area contributed by atoms with Crippen molar-refractivity contribution in [2.45, 2.75) is 18.8 Å². The number of phenolic OH excluding ortho intramolecular Hbond substituents is 1. The van der Waals surface area contributed by atoms with Crippen LogP contribution in [0.25, 0.3) is 0 Å². The number of aromatic hydroxyl groups is 1. The fraction of sp³-hybridized carbons (Fsp3) is 0.273. The van der Waals surface area contributed by atoms with E-state index >= 15 is 0 Å². The summed E-state index contributed by atoms with van der Waals surface area (Å²) in [5, 5.41) is 9.23. The highest BCUT2D eigenvalue weighted by molar-refractivity contribution is 5.41. The number of rotatable bonds is 1. The molecule has 0 fully saturated rings. The maximum atomic E-state index is 9.23. The largest absolute Gasteiger partial charge is 0.508 e. The monoisotopic (exact) mass is 160 g/mol. The van der Waals surface area contributed by atoms with Crippen LogP contribution >= 0.6 is 0 Å². The number of hydrogen-bond donors (Lipinski definition) is 1. The highest BCUT2D eigenvalue weighted by Gasteiger charge is 2.19. The van der Waals surface area contributed by atoms with Gasteiger partial charge in [0.2, 0.25) is 0 Å². The summed E-state index contributed by atoms with van der Waals surface area (Å²) >= 11 is 0. The lowest BCUT2D eigenvalue weighted by Gasteiger charge is -2.04. The molecular weight excluding hydrogens is 148 g/mol. The Labute approximate surface area is 72.4 Å². The number of hydrogen-bond acceptors (Lipinski definition) is 1. The molecule has 0 spiro atoms. The van der Waals surface area contributed by atoms with Gasteiger partial charge in [-0.15, -0.1) is 6.58 Å². The van der Waals surface area contributed by atoms with Gasteiger partial charge in [-0.05, 0) is 36.1 Å². The van der Waals surface area contributed by atoms with Crippen molar-refractivity contribution < 1.29 is 5.11 Å². The van der Waals surface area contributed by atoms with E-state index in [1.54, 1.807) is 6.07 Å². The maximum Gasteiger partial charge on any atom is 0.115 e. The van der Waals surface area contributed by atoms with E-state index in [4.69, 9.17) is 0 Å². The zero-order chi connectivity index (χ0) is 8.55. The third kappa shape index (κ3) is 1.02. The molecule has 1 unspecified atom stereocenters. The fourth-order valence-electron chi connectivity index (χ4n) is 1.88. The van der Waals surface area contributed by atoms with E-state index in [1.165, 1.54) is 11.1 Å². The Kier molecular flexibility index (Phi) is 1.65. The zero-order valence-electron chi connectivity index (χ0n) is 6.96. The maximum absolute atomic E-state index is 9.23. The number of allylic oxidation sites excluding steroid dienone is 1. The Hall–Kier alpha value is -1.24. The molecule has 0 saturated heterocycles. The first-order valence-corrected chi connectivity index (χ1v) is 4.25. The molecule has 0 bridgehead atoms. The third-order valence-electron chi connectivity index (χ3n) is 2.54. The molecule has 1 nitrogen and oxygen atoms in total. The first kappa shape index (κ1) is 7.41. The second-order valence-electron chi connectivity index (χ2n) is 3.26. The Bertz CT molecular complexity index is 315. The number of aryl methyl sites for hydroxylation is 1. The van der Waals surface area contributed by atoms with E-state index in [0.717, 1.165) is 12.8 Å². The normalized spacial score (nSPS) is 20.5. The van der Waals surface area contributed by atoms with Gasteiger partial charge in [0.05, 0.1) is 0 Å². The van der Waals surface area contributed by atoms with Crippen molar-refractivity contribution in [2.75, 3.05) is 0 Å². The minimum atomic E-state index is 0.374. The van der Waals surface area contributed by atoms with Crippen molar-refractivity contribution in [2.24, 2.45) is 0 Å². The fourth-order valence-corrected chi connectivity index (χ4v) is 1.88. The van der Waals surface area contributed by atoms with Gasteiger partial charge in [-0.25, -0.2) is 0 Å². The number of benzene rings is 1. The van der Waals surface area contributed by atoms with Gasteiger partial charge in [-0.3, -0.25) is 0 Å². The highest BCUT2D eigenvalue weighted by Crippen LogP contribution is 2.35. The van der Waals surface area contributed by atoms with Crippen molar-refractivity contribution in [3.8, 4) is 5.75 Å². The van der Waals surface area contributed by atoms with Gasteiger partial charge in [-0.2, -0.15) is 0 Å². The van der Waals surface area contributed by atoms with Crippen molar-refractivity contribution in [1.82, 2.24) is 0 Å². The SMILES string of the molecule is C=CC1CCc2cc(O)ccc21. The summed E-state index contributed by atoms with van der Waals surface area (Å²) in [4.78, 5) is 0. The predicted octanol–water partition coefficient (Wildman–Crippen LogP) is 2.61. The molecule has 0 amide bonds. The summed E-state index contributed by atoms with van der Waals surface area (Å²) in [6.07, 6.45) is 4.20. The average molecular weight is 160 g/mol. The van der Waals surface area contributed by atoms with Gasteiger partial charge in [0, 0.05) is 5.92 Å². The molecule has 1 aromatic rings. The molecule has 0 aromatic heterocycles. The standard InChI is InChI=1S/C11H12O/c1-2-8-3-4-9-7-10(12)5-6-11(8)9/h2,5-8,12H,1,3-4H2. The van der Waals surface area contributed by atoms with E-state index in [-0.39, 0.29) is 0 Å². The van der Waals surface area contributed by atoms with Crippen molar-refractivity contribution in [1.29, 1.82) is 0 Å². The van der Waals surface area contributed by atoms with Gasteiger partial charge < -0.3 is 5.11 Å². The van der Waals surface area contributed by atoms with Crippen LogP contribution in [0.5, 0.6) is 5.75 Å². The summed E-state index contributed by atoms with van der Waals surface area (Å²) in [5.74, 6) is 0.874. The van der Waals surface area contributed by atoms with Crippen LogP contribution in [0, 0.1) is 0 Å². The van der Waals surface area contributed by atoms with Crippen LogP contribution in [0.4, 0.5) is 0 Å². The van der Waals surface area contributed by atoms with Gasteiger partial charge in [0.25, 0.3) is 0 Å². The van der Waals surface area contributed by atoms with E-state index in [1.807, 2.05) is 18.2 Å². The van der Waals surface area contributed by atoms with Crippen LogP contribution in [0.2, 0.25) is 0 Å². The molecule has 1 N–H and O–H groups in total. The summed E-state index contributed by atoms with van der Waals surface area (Å²) in [5.41, 5.74) is 2.61. The lowest BCUT2D eigenvalue weighted by atomic mass is 10.0. The second kappa shape index (κ2) is 2.67. The van der Waals surface area contributed by atoms with E-state index in [2.05, 4.69) is 6.58 Å². The van der Waals surface area contributed by atoms with Crippen molar-refractivity contribution in [3.05, 3.63) is 42.0 Å². The molecule has 1 aliphatic carbocycles. The molecule has 1 aliphatic rings. The molecular formula is C11H12O. The van der Waals surface area contributed by atoms with Gasteiger partial charge >= 0.3 is 0 Å². The van der Waals surface area contributed by atoms with Crippen LogP contribution in [-0.4, -0.2) is 5.11 Å². The molecule has 0 saturated carbocycles. The predicted molar refractivity (Wildman–Crippen MR) is 49.4 cm³/mol. The molecule has 62 valence electrons. The van der Waals surface area contributed by atoms with E-state index < -0.39 is 0 Å². The molecule has 0 radical (unpaired) electrons. The second-order valence-corrected chi connectivity index (χ2v) is 3.26. The molecule has 0 aliphatic heterocycles. The van der Waals surface area contributed by atoms with Crippen LogP contribution in [0.3, 0.4) is 0 Å². The van der Waals surface area contributed by atoms with Gasteiger partial charge in [-0.1, -0.05) is 12.1 Å². The zero-order valence-corrected chi connectivity index (χ0v) is 6.96. The molecule has 2 rings (SSSR count). The third-order valence-corrected chi connectivity index (χ3v) is 2.54. The summed E-state index contributed by atoms with van der Waals surface area (Å²) < 4.78 is 0. The minimum Gasteiger partial charge on any atom is -0.508 e.